The molecular weight excluding hydrogens is 376 g/mol. The fourth-order valence-corrected chi connectivity index (χ4v) is 2.10. The summed E-state index contributed by atoms with van der Waals surface area (Å²) in [6.07, 6.45) is -5.62. The van der Waals surface area contributed by atoms with E-state index in [2.05, 4.69) is 19.7 Å². The second kappa shape index (κ2) is 11.7. The van der Waals surface area contributed by atoms with Crippen molar-refractivity contribution in [3.63, 3.8) is 0 Å². The third kappa shape index (κ3) is 7.49. The van der Waals surface area contributed by atoms with Gasteiger partial charge in [0.25, 0.3) is 0 Å². The van der Waals surface area contributed by atoms with E-state index in [4.69, 9.17) is 38.8 Å². The molecule has 1 fully saturated rings. The maximum Gasteiger partial charge on any atom is 0.305 e. The van der Waals surface area contributed by atoms with Crippen LogP contribution in [0.3, 0.4) is 0 Å². The summed E-state index contributed by atoms with van der Waals surface area (Å²) in [5, 5.41) is 9.71. The van der Waals surface area contributed by atoms with Gasteiger partial charge in [0, 0.05) is 6.42 Å². The highest BCUT2D eigenvalue weighted by molar-refractivity contribution is 5.69. The Bertz CT molecular complexity index is 561. The molecule has 1 rings (SSSR count). The first-order valence-corrected chi connectivity index (χ1v) is 8.61. The Morgan fingerprint density at radius 1 is 0.893 bits per heavy atom. The molecule has 0 spiro atoms. The van der Waals surface area contributed by atoms with Gasteiger partial charge in [0.2, 0.25) is 6.29 Å². The number of carbonyl (C=O) groups is 1. The average molecular weight is 404 g/mol. The molecule has 0 aromatic heterocycles. The van der Waals surface area contributed by atoms with Crippen molar-refractivity contribution in [1.82, 2.24) is 0 Å². The summed E-state index contributed by atoms with van der Waals surface area (Å²) in [4.78, 5) is 42.7. The van der Waals surface area contributed by atoms with Crippen LogP contribution < -0.4 is 0 Å². The molecule has 0 aromatic carbocycles. The highest BCUT2D eigenvalue weighted by Gasteiger charge is 2.53. The Morgan fingerprint density at radius 3 is 1.86 bits per heavy atom. The van der Waals surface area contributed by atoms with Crippen molar-refractivity contribution in [2.24, 2.45) is 0 Å². The van der Waals surface area contributed by atoms with Gasteiger partial charge in [-0.2, -0.15) is 14.7 Å². The predicted molar refractivity (Wildman–Crippen MR) is 94.4 cm³/mol. The maximum absolute atomic E-state index is 11.9. The summed E-state index contributed by atoms with van der Waals surface area (Å²) in [5.74, 6) is 0.139. The lowest BCUT2D eigenvalue weighted by Crippen LogP contribution is -2.62. The number of allylic oxidation sites excluding steroid dienone is 3. The monoisotopic (exact) mass is 404 g/mol. The van der Waals surface area contributed by atoms with E-state index in [0.29, 0.717) is 0 Å². The third-order valence-electron chi connectivity index (χ3n) is 3.22. The van der Waals surface area contributed by atoms with Crippen LogP contribution in [0.1, 0.15) is 34.1 Å². The molecule has 0 radical (unpaired) electrons. The lowest BCUT2D eigenvalue weighted by molar-refractivity contribution is -0.472. The minimum absolute atomic E-state index is 0.0925. The zero-order chi connectivity index (χ0) is 21.3. The minimum atomic E-state index is -1.26. The van der Waals surface area contributed by atoms with Crippen molar-refractivity contribution in [1.29, 1.82) is 0 Å². The van der Waals surface area contributed by atoms with Crippen LogP contribution in [-0.4, -0.2) is 48.4 Å². The van der Waals surface area contributed by atoms with Gasteiger partial charge in [0.15, 0.2) is 18.3 Å². The number of hydrogen-bond acceptors (Lipinski definition) is 10. The number of rotatable bonds is 12. The molecule has 0 aromatic rings. The van der Waals surface area contributed by atoms with Gasteiger partial charge >= 0.3 is 5.97 Å². The van der Waals surface area contributed by atoms with Gasteiger partial charge in [-0.05, 0) is 20.8 Å². The van der Waals surface area contributed by atoms with E-state index in [-0.39, 0.29) is 23.7 Å². The molecule has 1 aliphatic heterocycles. The third-order valence-corrected chi connectivity index (χ3v) is 3.22. The number of aliphatic hydroxyl groups excluding tert-OH is 1. The Labute approximate surface area is 164 Å². The fraction of sp³-hybridized carbons (Fsp3) is 0.611. The van der Waals surface area contributed by atoms with E-state index in [9.17, 15) is 9.90 Å². The van der Waals surface area contributed by atoms with Crippen molar-refractivity contribution >= 4 is 5.97 Å². The maximum atomic E-state index is 11.9. The van der Waals surface area contributed by atoms with Crippen molar-refractivity contribution in [2.45, 2.75) is 64.8 Å². The van der Waals surface area contributed by atoms with E-state index >= 15 is 0 Å². The van der Waals surface area contributed by atoms with Gasteiger partial charge in [0.05, 0.1) is 6.61 Å². The predicted octanol–water partition coefficient (Wildman–Crippen LogP) is 2.21. The molecule has 0 aliphatic carbocycles. The molecule has 1 N–H and O–H groups in total. The van der Waals surface area contributed by atoms with Crippen LogP contribution >= 0.6 is 0 Å². The quantitative estimate of drug-likeness (QED) is 0.225. The van der Waals surface area contributed by atoms with E-state index in [1.807, 2.05) is 0 Å². The van der Waals surface area contributed by atoms with Crippen LogP contribution in [0.5, 0.6) is 0 Å². The molecule has 10 nitrogen and oxygen atoms in total. The highest BCUT2D eigenvalue weighted by Crippen LogP contribution is 2.30. The highest BCUT2D eigenvalue weighted by atomic mass is 17.3. The summed E-state index contributed by atoms with van der Waals surface area (Å²) in [5.41, 5.74) is 0. The van der Waals surface area contributed by atoms with Gasteiger partial charge < -0.3 is 29.2 Å². The number of hydrogen-bond donors (Lipinski definition) is 1. The first kappa shape index (κ1) is 23.9. The van der Waals surface area contributed by atoms with Gasteiger partial charge in [-0.3, -0.25) is 4.79 Å². The van der Waals surface area contributed by atoms with Gasteiger partial charge in [-0.1, -0.05) is 26.7 Å². The summed E-state index contributed by atoms with van der Waals surface area (Å²) >= 11 is 0. The number of ether oxygens (including phenoxy) is 2. The van der Waals surface area contributed by atoms with Crippen LogP contribution in [0.15, 0.2) is 37.0 Å². The second-order valence-electron chi connectivity index (χ2n) is 6.11. The summed E-state index contributed by atoms with van der Waals surface area (Å²) in [7, 11) is 0. The second-order valence-corrected chi connectivity index (χ2v) is 6.11. The van der Waals surface area contributed by atoms with Crippen molar-refractivity contribution in [2.75, 3.05) is 6.61 Å². The average Bonchev–Trinajstić information content (AvgIpc) is 2.63. The summed E-state index contributed by atoms with van der Waals surface area (Å²) < 4.78 is 11.0. The molecule has 1 heterocycles. The standard InChI is InChI=1S/C18H28O10/c1-8-14(20)22-15-13(9-19)21-18(28-25-12(6)7)17(27-24-11(4)5)16(15)26-23-10(2)3/h13,15-19H,2,4,6,8-9H2,1,3,5,7H3. The summed E-state index contributed by atoms with van der Waals surface area (Å²) in [6.45, 7) is 16.4. The molecule has 1 saturated heterocycles. The molecular formula is C18H28O10. The molecule has 5 unspecified atom stereocenters. The lowest BCUT2D eigenvalue weighted by atomic mass is 9.99. The first-order chi connectivity index (χ1) is 13.2. The number of aliphatic hydroxyl groups is 1. The Kier molecular flexibility index (Phi) is 9.97. The van der Waals surface area contributed by atoms with Crippen molar-refractivity contribution in [3.8, 4) is 0 Å². The van der Waals surface area contributed by atoms with Crippen LogP contribution in [0.2, 0.25) is 0 Å². The number of esters is 1. The van der Waals surface area contributed by atoms with Gasteiger partial charge in [0.1, 0.15) is 23.4 Å². The molecule has 28 heavy (non-hydrogen) atoms. The lowest BCUT2D eigenvalue weighted by Gasteiger charge is -2.42. The Hall–Kier alpha value is -2.11. The van der Waals surface area contributed by atoms with Crippen molar-refractivity contribution in [3.05, 3.63) is 37.0 Å². The van der Waals surface area contributed by atoms with Crippen LogP contribution in [0, 0.1) is 0 Å². The Morgan fingerprint density at radius 2 is 1.39 bits per heavy atom. The van der Waals surface area contributed by atoms with E-state index in [1.54, 1.807) is 27.7 Å². The molecule has 160 valence electrons. The van der Waals surface area contributed by atoms with E-state index < -0.39 is 43.3 Å². The molecule has 0 amide bonds. The molecule has 5 atom stereocenters. The topological polar surface area (TPSA) is 111 Å². The Balaban J connectivity index is 3.18. The minimum Gasteiger partial charge on any atom is -0.456 e. The van der Waals surface area contributed by atoms with Crippen LogP contribution in [-0.2, 0) is 43.6 Å². The SMILES string of the molecule is C=C(C)OOC1OC(CO)C(OC(=O)CC)C(OOC(=C)C)C1OOC(=C)C. The van der Waals surface area contributed by atoms with Crippen LogP contribution in [0.4, 0.5) is 0 Å². The van der Waals surface area contributed by atoms with E-state index in [0.717, 1.165) is 0 Å². The normalized spacial score (nSPS) is 26.8. The van der Waals surface area contributed by atoms with Gasteiger partial charge in [-0.25, -0.2) is 0 Å². The fourth-order valence-electron chi connectivity index (χ4n) is 2.10. The van der Waals surface area contributed by atoms with Crippen molar-refractivity contribution < 1.29 is 48.7 Å². The van der Waals surface area contributed by atoms with E-state index in [1.165, 1.54) is 0 Å². The largest absolute Gasteiger partial charge is 0.456 e. The van der Waals surface area contributed by atoms with Gasteiger partial charge in [-0.15, -0.1) is 0 Å². The molecule has 0 saturated carbocycles. The first-order valence-electron chi connectivity index (χ1n) is 8.61. The number of carbonyl (C=O) groups excluding carboxylic acids is 1. The zero-order valence-corrected chi connectivity index (χ0v) is 16.5. The molecule has 10 heteroatoms. The summed E-state index contributed by atoms with van der Waals surface area (Å²) in [6, 6.07) is 0. The molecule has 0 bridgehead atoms. The molecule has 1 aliphatic rings. The smallest absolute Gasteiger partial charge is 0.305 e. The zero-order valence-electron chi connectivity index (χ0n) is 16.5. The van der Waals surface area contributed by atoms with Crippen LogP contribution in [0.25, 0.3) is 0 Å².